The first-order chi connectivity index (χ1) is 6.34. The molecule has 1 heteroatoms. The Kier molecular flexibility index (Phi) is 6.10. The number of hydrogen-bond acceptors (Lipinski definition) is 1. The molecule has 0 aliphatic rings. The van der Waals surface area contributed by atoms with Gasteiger partial charge in [0.25, 0.3) is 0 Å². The number of rotatable bonds is 6. The Bertz CT molecular complexity index is 163. The Balaban J connectivity index is 3.42. The molecule has 0 N–H and O–H groups in total. The maximum Gasteiger partial charge on any atom is -0.00248 e. The second kappa shape index (κ2) is 6.23. The van der Waals surface area contributed by atoms with E-state index in [1.54, 1.807) is 0 Å². The Morgan fingerprint density at radius 2 is 1.64 bits per heavy atom. The molecule has 0 aromatic heterocycles. The van der Waals surface area contributed by atoms with E-state index in [1.165, 1.54) is 37.8 Å². The van der Waals surface area contributed by atoms with Gasteiger partial charge in [-0.15, -0.1) is 0 Å². The number of hydrogen-bond donors (Lipinski definition) is 0. The van der Waals surface area contributed by atoms with Gasteiger partial charge in [0.1, 0.15) is 0 Å². The van der Waals surface area contributed by atoms with Crippen molar-refractivity contribution in [3.05, 3.63) is 12.2 Å². The Morgan fingerprint density at radius 3 is 2.07 bits per heavy atom. The summed E-state index contributed by atoms with van der Waals surface area (Å²) in [5.74, 6) is 0. The molecule has 1 nitrogen and oxygen atoms in total. The number of nitrogens with zero attached hydrogens (tertiary/aromatic N) is 1. The summed E-state index contributed by atoms with van der Waals surface area (Å²) in [5.41, 5.74) is 1.68. The van der Waals surface area contributed by atoms with Crippen molar-refractivity contribution in [3.63, 3.8) is 0 Å². The molecular formula is C13H27N. The Morgan fingerprint density at radius 1 is 1.07 bits per heavy atom. The fraction of sp³-hybridized carbons (Fsp3) is 0.846. The van der Waals surface area contributed by atoms with Gasteiger partial charge in [-0.1, -0.05) is 39.3 Å². The molecule has 0 atom stereocenters. The van der Waals surface area contributed by atoms with Gasteiger partial charge in [0.2, 0.25) is 0 Å². The van der Waals surface area contributed by atoms with Crippen LogP contribution in [-0.2, 0) is 0 Å². The van der Waals surface area contributed by atoms with Crippen LogP contribution < -0.4 is 0 Å². The van der Waals surface area contributed by atoms with Crippen LogP contribution in [0.4, 0.5) is 0 Å². The first kappa shape index (κ1) is 13.7. The lowest BCUT2D eigenvalue weighted by molar-refractivity contribution is 0.389. The molecule has 0 heterocycles. The highest BCUT2D eigenvalue weighted by Crippen LogP contribution is 2.27. The minimum absolute atomic E-state index is 0.293. The lowest BCUT2D eigenvalue weighted by Gasteiger charge is -2.21. The minimum atomic E-state index is 0.293. The highest BCUT2D eigenvalue weighted by molar-refractivity contribution is 5.04. The van der Waals surface area contributed by atoms with Gasteiger partial charge in [-0.2, -0.15) is 0 Å². The largest absolute Gasteiger partial charge is 0.309 e. The van der Waals surface area contributed by atoms with Crippen LogP contribution in [0.3, 0.4) is 0 Å². The zero-order valence-corrected chi connectivity index (χ0v) is 10.7. The monoisotopic (exact) mass is 197 g/mol. The number of allylic oxidation sites excluding steroid dienone is 1. The highest BCUT2D eigenvalue weighted by Gasteiger charge is 2.13. The molecule has 0 amide bonds. The molecule has 0 saturated carbocycles. The van der Waals surface area contributed by atoms with E-state index in [0.29, 0.717) is 5.41 Å². The zero-order chi connectivity index (χ0) is 11.2. The lowest BCUT2D eigenvalue weighted by Crippen LogP contribution is -2.13. The summed E-state index contributed by atoms with van der Waals surface area (Å²) >= 11 is 0. The van der Waals surface area contributed by atoms with E-state index in [-0.39, 0.29) is 0 Å². The molecule has 14 heavy (non-hydrogen) atoms. The Labute approximate surface area is 90.2 Å². The lowest BCUT2D eigenvalue weighted by atomic mass is 9.84. The van der Waals surface area contributed by atoms with Crippen LogP contribution in [-0.4, -0.2) is 25.5 Å². The second-order valence-corrected chi connectivity index (χ2v) is 5.47. The SMILES string of the molecule is C=C(CCCCCN(C)C)C(C)(C)C. The summed E-state index contributed by atoms with van der Waals surface area (Å²) < 4.78 is 0. The van der Waals surface area contributed by atoms with Gasteiger partial charge in [-0.3, -0.25) is 0 Å². The normalized spacial score (nSPS) is 12.1. The highest BCUT2D eigenvalue weighted by atomic mass is 15.0. The van der Waals surface area contributed by atoms with Gasteiger partial charge in [-0.25, -0.2) is 0 Å². The van der Waals surface area contributed by atoms with E-state index in [4.69, 9.17) is 0 Å². The summed E-state index contributed by atoms with van der Waals surface area (Å²) in [5, 5.41) is 0. The smallest absolute Gasteiger partial charge is 0.00248 e. The third-order valence-electron chi connectivity index (χ3n) is 2.64. The molecule has 84 valence electrons. The van der Waals surface area contributed by atoms with Crippen LogP contribution in [0, 0.1) is 5.41 Å². The van der Waals surface area contributed by atoms with Crippen molar-refractivity contribution in [3.8, 4) is 0 Å². The third kappa shape index (κ3) is 7.14. The topological polar surface area (TPSA) is 3.24 Å². The molecule has 0 aromatic carbocycles. The minimum Gasteiger partial charge on any atom is -0.309 e. The van der Waals surface area contributed by atoms with Crippen molar-refractivity contribution in [2.24, 2.45) is 5.41 Å². The molecule has 0 bridgehead atoms. The predicted molar refractivity (Wildman–Crippen MR) is 65.6 cm³/mol. The van der Waals surface area contributed by atoms with Gasteiger partial charge >= 0.3 is 0 Å². The van der Waals surface area contributed by atoms with Gasteiger partial charge < -0.3 is 4.90 Å². The molecule has 0 saturated heterocycles. The van der Waals surface area contributed by atoms with Crippen LogP contribution in [0.25, 0.3) is 0 Å². The molecule has 0 radical (unpaired) electrons. The van der Waals surface area contributed by atoms with Crippen LogP contribution >= 0.6 is 0 Å². The summed E-state index contributed by atoms with van der Waals surface area (Å²) in [7, 11) is 4.27. The fourth-order valence-corrected chi connectivity index (χ4v) is 1.32. The third-order valence-corrected chi connectivity index (χ3v) is 2.64. The second-order valence-electron chi connectivity index (χ2n) is 5.47. The van der Waals surface area contributed by atoms with Crippen molar-refractivity contribution >= 4 is 0 Å². The molecule has 0 spiro atoms. The summed E-state index contributed by atoms with van der Waals surface area (Å²) in [6.45, 7) is 12.1. The van der Waals surface area contributed by atoms with E-state index >= 15 is 0 Å². The van der Waals surface area contributed by atoms with Gasteiger partial charge in [0, 0.05) is 0 Å². The summed E-state index contributed by atoms with van der Waals surface area (Å²) in [4.78, 5) is 2.25. The molecule has 0 aliphatic heterocycles. The molecular weight excluding hydrogens is 170 g/mol. The predicted octanol–water partition coefficient (Wildman–Crippen LogP) is 3.71. The fourth-order valence-electron chi connectivity index (χ4n) is 1.32. The van der Waals surface area contributed by atoms with E-state index in [0.717, 1.165) is 0 Å². The van der Waals surface area contributed by atoms with Crippen molar-refractivity contribution in [1.29, 1.82) is 0 Å². The van der Waals surface area contributed by atoms with Crippen LogP contribution in [0.1, 0.15) is 46.5 Å². The van der Waals surface area contributed by atoms with Crippen molar-refractivity contribution in [1.82, 2.24) is 4.90 Å². The van der Waals surface area contributed by atoms with Crippen molar-refractivity contribution in [2.45, 2.75) is 46.5 Å². The van der Waals surface area contributed by atoms with Crippen LogP contribution in [0.15, 0.2) is 12.2 Å². The van der Waals surface area contributed by atoms with Crippen molar-refractivity contribution in [2.75, 3.05) is 20.6 Å². The van der Waals surface area contributed by atoms with E-state index in [1.807, 2.05) is 0 Å². The number of unbranched alkanes of at least 4 members (excludes halogenated alkanes) is 2. The van der Waals surface area contributed by atoms with E-state index in [9.17, 15) is 0 Å². The van der Waals surface area contributed by atoms with Crippen LogP contribution in [0.2, 0.25) is 0 Å². The molecule has 0 aromatic rings. The molecule has 0 aliphatic carbocycles. The van der Waals surface area contributed by atoms with Crippen LogP contribution in [0.5, 0.6) is 0 Å². The summed E-state index contributed by atoms with van der Waals surface area (Å²) in [6.07, 6.45) is 5.12. The van der Waals surface area contributed by atoms with Gasteiger partial charge in [0.05, 0.1) is 0 Å². The van der Waals surface area contributed by atoms with Gasteiger partial charge in [-0.05, 0) is 45.3 Å². The van der Waals surface area contributed by atoms with E-state index < -0.39 is 0 Å². The van der Waals surface area contributed by atoms with Crippen molar-refractivity contribution < 1.29 is 0 Å². The first-order valence-electron chi connectivity index (χ1n) is 5.67. The average Bonchev–Trinajstić information content (AvgIpc) is 2.01. The molecule has 0 fully saturated rings. The zero-order valence-electron chi connectivity index (χ0n) is 10.7. The quantitative estimate of drug-likeness (QED) is 0.463. The van der Waals surface area contributed by atoms with E-state index in [2.05, 4.69) is 46.3 Å². The molecule has 0 rings (SSSR count). The molecule has 0 unspecified atom stereocenters. The van der Waals surface area contributed by atoms with Gasteiger partial charge in [0.15, 0.2) is 0 Å². The first-order valence-corrected chi connectivity index (χ1v) is 5.67. The maximum atomic E-state index is 4.15. The standard InChI is InChI=1S/C13H27N/c1-12(13(2,3)4)10-8-7-9-11-14(5)6/h1,7-11H2,2-6H3. The average molecular weight is 197 g/mol. The Hall–Kier alpha value is -0.300. The summed E-state index contributed by atoms with van der Waals surface area (Å²) in [6, 6.07) is 0. The maximum absolute atomic E-state index is 4.15.